The number of benzene rings is 1. The van der Waals surface area contributed by atoms with Crippen LogP contribution in [0.15, 0.2) is 60.5 Å². The van der Waals surface area contributed by atoms with E-state index in [2.05, 4.69) is 5.32 Å². The molecule has 76 valence electrons. The van der Waals surface area contributed by atoms with Gasteiger partial charge in [0.1, 0.15) is 11.9 Å². The minimum Gasteiger partial charge on any atom is -0.383 e. The van der Waals surface area contributed by atoms with E-state index in [9.17, 15) is 0 Å². The smallest absolute Gasteiger partial charge is 0.170 e. The van der Waals surface area contributed by atoms with Crippen LogP contribution in [0.3, 0.4) is 0 Å². The summed E-state index contributed by atoms with van der Waals surface area (Å²) in [6, 6.07) is 9.88. The molecule has 0 saturated heterocycles. The second-order valence-corrected chi connectivity index (χ2v) is 3.20. The first kappa shape index (κ1) is 9.87. The minimum absolute atomic E-state index is 0.605. The lowest BCUT2D eigenvalue weighted by molar-refractivity contribution is 0.495. The molecule has 15 heavy (non-hydrogen) atoms. The molecule has 0 aliphatic carbocycles. The third-order valence-corrected chi connectivity index (χ3v) is 2.24. The third kappa shape index (κ3) is 2.22. The first-order valence-electron chi connectivity index (χ1n) is 4.60. The Morgan fingerprint density at radius 1 is 1.07 bits per heavy atom. The summed E-state index contributed by atoms with van der Waals surface area (Å²) in [5.41, 5.74) is 1.89. The Labute approximate surface area is 93.7 Å². The van der Waals surface area contributed by atoms with Crippen LogP contribution in [0.25, 0.3) is 5.70 Å². The van der Waals surface area contributed by atoms with Crippen molar-refractivity contribution in [3.8, 4) is 0 Å². The van der Waals surface area contributed by atoms with Gasteiger partial charge in [-0.05, 0) is 12.2 Å². The van der Waals surface area contributed by atoms with Gasteiger partial charge in [-0.3, -0.25) is 0 Å². The van der Waals surface area contributed by atoms with Gasteiger partial charge in [-0.25, -0.2) is 0 Å². The molecule has 1 aromatic carbocycles. The van der Waals surface area contributed by atoms with Gasteiger partial charge in [0.25, 0.3) is 0 Å². The molecule has 0 saturated carbocycles. The van der Waals surface area contributed by atoms with Crippen LogP contribution in [0.2, 0.25) is 0 Å². The first-order chi connectivity index (χ1) is 7.42. The quantitative estimate of drug-likeness (QED) is 0.825. The molecule has 0 unspecified atom stereocenters. The van der Waals surface area contributed by atoms with Crippen molar-refractivity contribution in [1.29, 1.82) is 0 Å². The molecule has 0 bridgehead atoms. The highest BCUT2D eigenvalue weighted by Crippen LogP contribution is 2.20. The zero-order valence-corrected chi connectivity index (χ0v) is 8.74. The van der Waals surface area contributed by atoms with Gasteiger partial charge in [0.15, 0.2) is 5.76 Å². The van der Waals surface area contributed by atoms with Crippen molar-refractivity contribution in [3.05, 3.63) is 66.1 Å². The van der Waals surface area contributed by atoms with Crippen LogP contribution in [-0.2, 0) is 4.29 Å². The zero-order valence-electron chi connectivity index (χ0n) is 7.98. The topological polar surface area (TPSA) is 21.3 Å². The molecule has 1 aliphatic heterocycles. The molecule has 0 radical (unpaired) electrons. The molecule has 1 aromatic rings. The highest BCUT2D eigenvalue weighted by atomic mass is 35.5. The summed E-state index contributed by atoms with van der Waals surface area (Å²) in [7, 11) is 0. The predicted molar refractivity (Wildman–Crippen MR) is 61.7 cm³/mol. The maximum atomic E-state index is 5.42. The first-order valence-corrected chi connectivity index (χ1v) is 4.91. The van der Waals surface area contributed by atoms with Gasteiger partial charge in [0, 0.05) is 11.8 Å². The Morgan fingerprint density at radius 3 is 2.60 bits per heavy atom. The zero-order chi connectivity index (χ0) is 10.5. The van der Waals surface area contributed by atoms with Crippen molar-refractivity contribution in [2.75, 3.05) is 0 Å². The molecule has 1 heterocycles. The maximum Gasteiger partial charge on any atom is 0.170 e. The van der Waals surface area contributed by atoms with E-state index in [0.717, 1.165) is 11.3 Å². The van der Waals surface area contributed by atoms with Gasteiger partial charge in [-0.1, -0.05) is 36.4 Å². The maximum absolute atomic E-state index is 5.42. The van der Waals surface area contributed by atoms with Crippen LogP contribution in [0.1, 0.15) is 5.56 Å². The molecular weight excluding hydrogens is 210 g/mol. The molecule has 2 rings (SSSR count). The lowest BCUT2D eigenvalue weighted by atomic mass is 10.1. The van der Waals surface area contributed by atoms with E-state index in [1.54, 1.807) is 0 Å². The number of nitrogens with one attached hydrogen (secondary N) is 1. The average Bonchev–Trinajstić information content (AvgIpc) is 2.55. The van der Waals surface area contributed by atoms with E-state index in [0.29, 0.717) is 5.76 Å². The normalized spacial score (nSPS) is 14.7. The lowest BCUT2D eigenvalue weighted by Gasteiger charge is -2.09. The van der Waals surface area contributed by atoms with Crippen molar-refractivity contribution in [1.82, 2.24) is 5.32 Å². The van der Waals surface area contributed by atoms with E-state index >= 15 is 0 Å². The molecule has 0 atom stereocenters. The molecule has 0 aromatic heterocycles. The second kappa shape index (κ2) is 4.71. The fourth-order valence-corrected chi connectivity index (χ4v) is 1.51. The van der Waals surface area contributed by atoms with E-state index in [1.165, 1.54) is 0 Å². The Bertz CT molecular complexity index is 421. The second-order valence-electron chi connectivity index (χ2n) is 3.04. The highest BCUT2D eigenvalue weighted by molar-refractivity contribution is 6.08. The average molecular weight is 220 g/mol. The summed E-state index contributed by atoms with van der Waals surface area (Å²) in [5.74, 6) is 0.605. The van der Waals surface area contributed by atoms with Crippen LogP contribution in [0.5, 0.6) is 0 Å². The Morgan fingerprint density at radius 2 is 1.87 bits per heavy atom. The summed E-state index contributed by atoms with van der Waals surface area (Å²) in [6.45, 7) is 0. The van der Waals surface area contributed by atoms with Crippen LogP contribution < -0.4 is 5.32 Å². The van der Waals surface area contributed by atoms with Crippen LogP contribution >= 0.6 is 11.9 Å². The van der Waals surface area contributed by atoms with Crippen LogP contribution in [0.4, 0.5) is 0 Å². The summed E-state index contributed by atoms with van der Waals surface area (Å²) < 4.78 is 4.80. The molecule has 3 heteroatoms. The minimum atomic E-state index is 0.605. The number of hydrogen-bond donors (Lipinski definition) is 1. The fraction of sp³-hybridized carbons (Fsp3) is 0. The van der Waals surface area contributed by atoms with Gasteiger partial charge in [-0.2, -0.15) is 0 Å². The molecular formula is C12H10ClNO. The molecule has 1 aliphatic rings. The lowest BCUT2D eigenvalue weighted by Crippen LogP contribution is -2.05. The van der Waals surface area contributed by atoms with Crippen LogP contribution in [-0.4, -0.2) is 0 Å². The number of halogens is 1. The largest absolute Gasteiger partial charge is 0.383 e. The Balaban J connectivity index is 2.45. The number of hydrogen-bond acceptors (Lipinski definition) is 2. The van der Waals surface area contributed by atoms with E-state index < -0.39 is 0 Å². The van der Waals surface area contributed by atoms with Crippen LogP contribution in [0, 0.1) is 0 Å². The van der Waals surface area contributed by atoms with Crippen molar-refractivity contribution in [2.45, 2.75) is 0 Å². The van der Waals surface area contributed by atoms with Gasteiger partial charge in [0.2, 0.25) is 0 Å². The SMILES string of the molecule is ClOC1=C(c2ccccc2)NC=CC=C1. The highest BCUT2D eigenvalue weighted by Gasteiger charge is 2.08. The Hall–Kier alpha value is -1.67. The Kier molecular flexibility index (Phi) is 3.10. The monoisotopic (exact) mass is 219 g/mol. The molecule has 1 N–H and O–H groups in total. The summed E-state index contributed by atoms with van der Waals surface area (Å²) >= 11 is 5.42. The molecule has 0 spiro atoms. The molecule has 0 fully saturated rings. The standard InChI is InChI=1S/C12H10ClNO/c13-15-11-8-4-5-9-14-12(11)10-6-2-1-3-7-10/h1-9,14H. The van der Waals surface area contributed by atoms with Crippen molar-refractivity contribution < 1.29 is 4.29 Å². The summed E-state index contributed by atoms with van der Waals surface area (Å²) in [5, 5.41) is 3.13. The summed E-state index contributed by atoms with van der Waals surface area (Å²) in [4.78, 5) is 0. The molecule has 2 nitrogen and oxygen atoms in total. The number of allylic oxidation sites excluding steroid dienone is 3. The van der Waals surface area contributed by atoms with E-state index in [1.807, 2.05) is 54.8 Å². The summed E-state index contributed by atoms with van der Waals surface area (Å²) in [6.07, 6.45) is 7.39. The van der Waals surface area contributed by atoms with Gasteiger partial charge in [-0.15, -0.1) is 0 Å². The van der Waals surface area contributed by atoms with Gasteiger partial charge < -0.3 is 9.61 Å². The fourth-order valence-electron chi connectivity index (χ4n) is 1.38. The van der Waals surface area contributed by atoms with Gasteiger partial charge in [0.05, 0.1) is 5.70 Å². The van der Waals surface area contributed by atoms with Gasteiger partial charge >= 0.3 is 0 Å². The van der Waals surface area contributed by atoms with E-state index in [4.69, 9.17) is 16.2 Å². The van der Waals surface area contributed by atoms with Crippen molar-refractivity contribution >= 4 is 17.6 Å². The predicted octanol–water partition coefficient (Wildman–Crippen LogP) is 3.20. The van der Waals surface area contributed by atoms with Crippen molar-refractivity contribution in [2.24, 2.45) is 0 Å². The van der Waals surface area contributed by atoms with E-state index in [-0.39, 0.29) is 0 Å². The van der Waals surface area contributed by atoms with Crippen molar-refractivity contribution in [3.63, 3.8) is 0 Å². The number of rotatable bonds is 2. The molecule has 0 amide bonds. The third-order valence-electron chi connectivity index (χ3n) is 2.07.